The molecule has 0 unspecified atom stereocenters. The van der Waals surface area contributed by atoms with Crippen molar-refractivity contribution in [1.29, 1.82) is 5.26 Å². The zero-order valence-electron chi connectivity index (χ0n) is 16.6. The quantitative estimate of drug-likeness (QED) is 0.225. The van der Waals surface area contributed by atoms with Crippen molar-refractivity contribution in [2.75, 3.05) is 18.6 Å². The number of nitrogens with one attached hydrogen (secondary N) is 1. The highest BCUT2D eigenvalue weighted by molar-refractivity contribution is 7.21. The van der Waals surface area contributed by atoms with Crippen LogP contribution in [0, 0.1) is 11.3 Å². The van der Waals surface area contributed by atoms with E-state index in [-0.39, 0.29) is 49.1 Å². The van der Waals surface area contributed by atoms with E-state index in [1.54, 1.807) is 12.1 Å². The number of aromatic amines is 1. The van der Waals surface area contributed by atoms with Gasteiger partial charge in [0.05, 0.1) is 28.6 Å². The van der Waals surface area contributed by atoms with Crippen molar-refractivity contribution in [1.82, 2.24) is 10.3 Å². The predicted molar refractivity (Wildman–Crippen MR) is 117 cm³/mol. The Kier molecular flexibility index (Phi) is 5.21. The lowest BCUT2D eigenvalue weighted by Gasteiger charge is -2.12. The van der Waals surface area contributed by atoms with Gasteiger partial charge in [0.15, 0.2) is 7.05 Å². The number of aryl methyl sites for hydroxylation is 1. The fourth-order valence-corrected chi connectivity index (χ4v) is 4.36. The van der Waals surface area contributed by atoms with E-state index in [2.05, 4.69) is 15.2 Å². The highest BCUT2D eigenvalue weighted by Gasteiger charge is 2.31. The number of methoxy groups -OCH3 is 1. The minimum Gasteiger partial charge on any atom is -0.858 e. The fourth-order valence-electron chi connectivity index (χ4n) is 3.20. The van der Waals surface area contributed by atoms with Gasteiger partial charge >= 0.3 is 11.3 Å². The van der Waals surface area contributed by atoms with Crippen molar-refractivity contribution in [3.05, 3.63) is 44.1 Å². The number of nitriles is 1. The molecular weight excluding hydrogens is 458 g/mol. The van der Waals surface area contributed by atoms with Crippen LogP contribution in [-0.2, 0) is 7.05 Å². The van der Waals surface area contributed by atoms with Gasteiger partial charge in [-0.15, -0.1) is 11.3 Å². The molecule has 0 aliphatic heterocycles. The summed E-state index contributed by atoms with van der Waals surface area (Å²) >= 11 is 6.94. The summed E-state index contributed by atoms with van der Waals surface area (Å²) in [5.74, 6) is -0.460. The number of thiophene rings is 1. The molecule has 0 aliphatic rings. The average molecular weight is 472 g/mol. The van der Waals surface area contributed by atoms with E-state index in [0.717, 1.165) is 11.3 Å². The first-order chi connectivity index (χ1) is 15.3. The summed E-state index contributed by atoms with van der Waals surface area (Å²) in [6.07, 6.45) is 0. The number of fused-ring (bicyclic) bond motifs is 1. The summed E-state index contributed by atoms with van der Waals surface area (Å²) in [6, 6.07) is 6.59. The van der Waals surface area contributed by atoms with Crippen molar-refractivity contribution < 1.29 is 19.0 Å². The van der Waals surface area contributed by atoms with Gasteiger partial charge in [-0.1, -0.05) is 16.3 Å². The fraction of sp³-hybridized carbons (Fsp3) is 0.105. The third kappa shape index (κ3) is 3.29. The third-order valence-electron chi connectivity index (χ3n) is 4.61. The Morgan fingerprint density at radius 3 is 2.84 bits per heavy atom. The van der Waals surface area contributed by atoms with Gasteiger partial charge in [-0.25, -0.2) is 9.78 Å². The van der Waals surface area contributed by atoms with Crippen LogP contribution in [0.4, 0.5) is 17.2 Å². The first kappa shape index (κ1) is 21.2. The number of halogens is 1. The van der Waals surface area contributed by atoms with Crippen molar-refractivity contribution in [2.45, 2.75) is 0 Å². The summed E-state index contributed by atoms with van der Waals surface area (Å²) < 4.78 is 11.3. The van der Waals surface area contributed by atoms with Gasteiger partial charge in [-0.2, -0.15) is 5.26 Å². The number of nitrogens with zero attached hydrogens (tertiary/aromatic N) is 4. The van der Waals surface area contributed by atoms with Gasteiger partial charge in [0.25, 0.3) is 0 Å². The van der Waals surface area contributed by atoms with Crippen LogP contribution < -0.4 is 31.6 Å². The van der Waals surface area contributed by atoms with E-state index in [0.29, 0.717) is 10.8 Å². The van der Waals surface area contributed by atoms with Crippen LogP contribution in [0.1, 0.15) is 10.4 Å². The smallest absolute Gasteiger partial charge is 0.435 e. The summed E-state index contributed by atoms with van der Waals surface area (Å²) in [7, 11) is 2.95. The standard InChI is InChI=1S/C19H14ClN7O4S/c1-27-14(19(29)31-26-27)11-8(6-21)16(23)25-18-12(11)13(22)15(32-18)17(28)24-9-5-7(20)3-4-10(9)30-2/h3-5H,1-2H3,(H5-,22,23,24,25,26,28,29). The molecule has 0 spiro atoms. The topological polar surface area (TPSA) is 183 Å². The molecule has 0 aliphatic carbocycles. The maximum Gasteiger partial charge on any atom is 0.435 e. The van der Waals surface area contributed by atoms with Crippen molar-refractivity contribution in [3.8, 4) is 23.1 Å². The van der Waals surface area contributed by atoms with Crippen molar-refractivity contribution >= 4 is 56.2 Å². The van der Waals surface area contributed by atoms with E-state index in [1.807, 2.05) is 6.07 Å². The molecule has 0 fully saturated rings. The number of pyridine rings is 1. The maximum absolute atomic E-state index is 13.0. The number of hydrogen-bond acceptors (Lipinski definition) is 10. The first-order valence-corrected chi connectivity index (χ1v) is 10.0. The minimum atomic E-state index is -0.747. The Balaban J connectivity index is 2.02. The lowest BCUT2D eigenvalue weighted by molar-refractivity contribution is -0.730. The molecule has 0 atom stereocenters. The molecule has 0 saturated carbocycles. The number of rotatable bonds is 4. The number of nitrogen functional groups attached to an aromatic ring is 2. The van der Waals surface area contributed by atoms with Crippen LogP contribution >= 0.6 is 22.9 Å². The molecule has 3 heterocycles. The lowest BCUT2D eigenvalue weighted by atomic mass is 10.0. The molecule has 4 aromatic rings. The number of benzene rings is 1. The van der Waals surface area contributed by atoms with Crippen molar-refractivity contribution in [2.24, 2.45) is 12.0 Å². The number of nitrogens with two attached hydrogens (primary N) is 2. The summed E-state index contributed by atoms with van der Waals surface area (Å²) in [5, 5.41) is 25.6. The van der Waals surface area contributed by atoms with E-state index in [1.165, 1.54) is 24.9 Å². The van der Waals surface area contributed by atoms with Crippen LogP contribution in [0.25, 0.3) is 21.5 Å². The van der Waals surface area contributed by atoms with Gasteiger partial charge in [0.1, 0.15) is 33.7 Å². The second-order valence-electron chi connectivity index (χ2n) is 6.51. The number of aliphatic imine (C=N–C) groups is 1. The third-order valence-corrected chi connectivity index (χ3v) is 5.94. The lowest BCUT2D eigenvalue weighted by Crippen LogP contribution is -2.34. The second-order valence-corrected chi connectivity index (χ2v) is 7.94. The van der Waals surface area contributed by atoms with Crippen LogP contribution in [0.2, 0.25) is 5.02 Å². The molecule has 5 N–H and O–H groups in total. The van der Waals surface area contributed by atoms with Gasteiger partial charge in [0, 0.05) is 10.9 Å². The average Bonchev–Trinajstić information content (AvgIpc) is 3.26. The molecule has 11 nitrogen and oxygen atoms in total. The van der Waals surface area contributed by atoms with Crippen LogP contribution in [0.15, 0.2) is 32.5 Å². The summed E-state index contributed by atoms with van der Waals surface area (Å²) in [5.41, 5.74) is 11.8. The monoisotopic (exact) mass is 471 g/mol. The molecule has 32 heavy (non-hydrogen) atoms. The predicted octanol–water partition coefficient (Wildman–Crippen LogP) is 1.21. The SMILES string of the molecule is COc1ccc(Cl)cc1N=C([O-])c1sc2nc(N)c(C#N)c(-c3c(=O)o[nH][n+]3C)c2c1N. The Bertz CT molecular complexity index is 1510. The normalized spacial score (nSPS) is 11.6. The van der Waals surface area contributed by atoms with Crippen LogP contribution in [0.3, 0.4) is 0 Å². The molecule has 0 saturated heterocycles. The number of aromatic nitrogens is 3. The Labute approximate surface area is 188 Å². The molecule has 0 bridgehead atoms. The number of anilines is 2. The summed E-state index contributed by atoms with van der Waals surface area (Å²) in [4.78, 5) is 20.9. The largest absolute Gasteiger partial charge is 0.858 e. The van der Waals surface area contributed by atoms with Crippen molar-refractivity contribution in [3.63, 3.8) is 0 Å². The second kappa shape index (κ2) is 7.88. The van der Waals surface area contributed by atoms with Gasteiger partial charge in [-0.05, 0) is 23.5 Å². The minimum absolute atomic E-state index is 0.000607. The number of H-pyrrole nitrogens is 1. The zero-order chi connectivity index (χ0) is 23.2. The Morgan fingerprint density at radius 1 is 1.47 bits per heavy atom. The molecule has 3 aromatic heterocycles. The maximum atomic E-state index is 13.0. The molecule has 4 rings (SSSR count). The molecule has 0 amide bonds. The Hall–Kier alpha value is -4.08. The van der Waals surface area contributed by atoms with Crippen LogP contribution in [-0.4, -0.2) is 23.3 Å². The highest BCUT2D eigenvalue weighted by Crippen LogP contribution is 2.41. The molecule has 0 radical (unpaired) electrons. The number of hydrogen-bond donors (Lipinski definition) is 3. The van der Waals surface area contributed by atoms with Gasteiger partial charge in [-0.3, -0.25) is 9.52 Å². The van der Waals surface area contributed by atoms with E-state index < -0.39 is 11.5 Å². The van der Waals surface area contributed by atoms with Gasteiger partial charge < -0.3 is 21.3 Å². The molecule has 13 heteroatoms. The molecule has 162 valence electrons. The summed E-state index contributed by atoms with van der Waals surface area (Å²) in [6.45, 7) is 0. The molecule has 1 aromatic carbocycles. The Morgan fingerprint density at radius 2 is 2.22 bits per heavy atom. The van der Waals surface area contributed by atoms with E-state index >= 15 is 0 Å². The highest BCUT2D eigenvalue weighted by atomic mass is 35.5. The molecular formula is C19H14ClN7O4S. The van der Waals surface area contributed by atoms with E-state index in [4.69, 9.17) is 32.3 Å². The first-order valence-electron chi connectivity index (χ1n) is 8.85. The number of ether oxygens (including phenoxy) is 1. The van der Waals surface area contributed by atoms with Gasteiger partial charge in [0.2, 0.25) is 0 Å². The van der Waals surface area contributed by atoms with Crippen LogP contribution in [0.5, 0.6) is 5.75 Å². The zero-order valence-corrected chi connectivity index (χ0v) is 18.2. The van der Waals surface area contributed by atoms with E-state index in [9.17, 15) is 15.2 Å².